The molecule has 2 aromatic heterocycles. The van der Waals surface area contributed by atoms with Crippen LogP contribution in [0.1, 0.15) is 28.9 Å². The lowest BCUT2D eigenvalue weighted by Gasteiger charge is -2.19. The highest BCUT2D eigenvalue weighted by molar-refractivity contribution is 6.07. The predicted octanol–water partition coefficient (Wildman–Crippen LogP) is 3.62. The van der Waals surface area contributed by atoms with Crippen molar-refractivity contribution in [1.29, 1.82) is 0 Å². The molecule has 6 heteroatoms. The average molecular weight is 350 g/mol. The molecule has 0 atom stereocenters. The zero-order valence-electron chi connectivity index (χ0n) is 14.3. The number of amides is 1. The molecular weight excluding hydrogens is 331 g/mol. The maximum atomic E-state index is 13.9. The van der Waals surface area contributed by atoms with Crippen LogP contribution in [0.2, 0.25) is 0 Å². The van der Waals surface area contributed by atoms with Crippen LogP contribution in [0.4, 0.5) is 10.1 Å². The number of anilines is 1. The van der Waals surface area contributed by atoms with E-state index < -0.39 is 0 Å². The molecule has 1 amide bonds. The van der Waals surface area contributed by atoms with Crippen molar-refractivity contribution in [3.63, 3.8) is 0 Å². The van der Waals surface area contributed by atoms with Crippen LogP contribution in [0.5, 0.6) is 0 Å². The first-order valence-electron chi connectivity index (χ1n) is 8.74. The molecule has 26 heavy (non-hydrogen) atoms. The second-order valence-corrected chi connectivity index (χ2v) is 6.38. The summed E-state index contributed by atoms with van der Waals surface area (Å²) in [5, 5.41) is 3.89. The molecule has 1 N–H and O–H groups in total. The SMILES string of the molecule is O=C(c1cnc2ccc(F)cc2c1NCc1ccccn1)N1CCCC1. The summed E-state index contributed by atoms with van der Waals surface area (Å²) in [5.74, 6) is -0.421. The second kappa shape index (κ2) is 7.07. The number of rotatable bonds is 4. The largest absolute Gasteiger partial charge is 0.378 e. The Bertz CT molecular complexity index is 939. The summed E-state index contributed by atoms with van der Waals surface area (Å²) in [5.41, 5.74) is 2.57. The summed E-state index contributed by atoms with van der Waals surface area (Å²) >= 11 is 0. The van der Waals surface area contributed by atoms with Crippen LogP contribution < -0.4 is 5.32 Å². The molecule has 1 aliphatic rings. The number of pyridine rings is 2. The zero-order chi connectivity index (χ0) is 17.9. The van der Waals surface area contributed by atoms with Gasteiger partial charge in [0.1, 0.15) is 5.82 Å². The molecule has 0 aliphatic carbocycles. The van der Waals surface area contributed by atoms with Crippen molar-refractivity contribution in [2.45, 2.75) is 19.4 Å². The fourth-order valence-electron chi connectivity index (χ4n) is 3.29. The van der Waals surface area contributed by atoms with Crippen LogP contribution in [0.15, 0.2) is 48.8 Å². The molecule has 5 nitrogen and oxygen atoms in total. The van der Waals surface area contributed by atoms with Gasteiger partial charge in [0.25, 0.3) is 5.91 Å². The lowest BCUT2D eigenvalue weighted by atomic mass is 10.1. The molecule has 132 valence electrons. The molecule has 0 radical (unpaired) electrons. The van der Waals surface area contributed by atoms with Crippen LogP contribution in [0.3, 0.4) is 0 Å². The van der Waals surface area contributed by atoms with E-state index in [1.807, 2.05) is 23.1 Å². The maximum absolute atomic E-state index is 13.9. The number of hydrogen-bond donors (Lipinski definition) is 1. The molecule has 1 aliphatic heterocycles. The number of nitrogens with zero attached hydrogens (tertiary/aromatic N) is 3. The smallest absolute Gasteiger partial charge is 0.257 e. The highest BCUT2D eigenvalue weighted by Gasteiger charge is 2.23. The van der Waals surface area contributed by atoms with Gasteiger partial charge < -0.3 is 10.2 Å². The lowest BCUT2D eigenvalue weighted by Crippen LogP contribution is -2.28. The Balaban J connectivity index is 1.75. The summed E-state index contributed by atoms with van der Waals surface area (Å²) in [6.45, 7) is 1.94. The van der Waals surface area contributed by atoms with Gasteiger partial charge in [0, 0.05) is 30.9 Å². The van der Waals surface area contributed by atoms with Crippen molar-refractivity contribution in [2.24, 2.45) is 0 Å². The minimum atomic E-state index is -0.356. The van der Waals surface area contributed by atoms with E-state index in [-0.39, 0.29) is 11.7 Å². The van der Waals surface area contributed by atoms with E-state index in [1.54, 1.807) is 18.5 Å². The number of aromatic nitrogens is 2. The van der Waals surface area contributed by atoms with Gasteiger partial charge in [-0.15, -0.1) is 0 Å². The Kier molecular flexibility index (Phi) is 4.48. The van der Waals surface area contributed by atoms with Crippen LogP contribution in [-0.2, 0) is 6.54 Å². The number of carbonyl (C=O) groups excluding carboxylic acids is 1. The van der Waals surface area contributed by atoms with Crippen molar-refractivity contribution < 1.29 is 9.18 Å². The van der Waals surface area contributed by atoms with E-state index in [0.29, 0.717) is 28.7 Å². The first kappa shape index (κ1) is 16.4. The van der Waals surface area contributed by atoms with Crippen molar-refractivity contribution in [2.75, 3.05) is 18.4 Å². The van der Waals surface area contributed by atoms with Crippen LogP contribution in [-0.4, -0.2) is 33.9 Å². The van der Waals surface area contributed by atoms with Gasteiger partial charge in [-0.2, -0.15) is 0 Å². The van der Waals surface area contributed by atoms with Gasteiger partial charge in [-0.25, -0.2) is 4.39 Å². The first-order valence-corrected chi connectivity index (χ1v) is 8.74. The first-order chi connectivity index (χ1) is 12.7. The van der Waals surface area contributed by atoms with Crippen molar-refractivity contribution >= 4 is 22.5 Å². The lowest BCUT2D eigenvalue weighted by molar-refractivity contribution is 0.0793. The topological polar surface area (TPSA) is 58.1 Å². The number of carbonyl (C=O) groups is 1. The van der Waals surface area contributed by atoms with Crippen molar-refractivity contribution in [3.05, 3.63) is 65.9 Å². The number of halogens is 1. The number of likely N-dealkylation sites (tertiary alicyclic amines) is 1. The Labute approximate surface area is 150 Å². The molecule has 3 heterocycles. The molecule has 1 aromatic carbocycles. The van der Waals surface area contributed by atoms with Gasteiger partial charge in [0.2, 0.25) is 0 Å². The number of fused-ring (bicyclic) bond motifs is 1. The molecular formula is C20H19FN4O. The quantitative estimate of drug-likeness (QED) is 0.781. The summed E-state index contributed by atoms with van der Waals surface area (Å²) in [6.07, 6.45) is 5.33. The molecule has 0 saturated carbocycles. The van der Waals surface area contributed by atoms with Gasteiger partial charge in [-0.3, -0.25) is 14.8 Å². The van der Waals surface area contributed by atoms with E-state index >= 15 is 0 Å². The fourth-order valence-corrected chi connectivity index (χ4v) is 3.29. The maximum Gasteiger partial charge on any atom is 0.257 e. The zero-order valence-corrected chi connectivity index (χ0v) is 14.3. The molecule has 3 aromatic rings. The van der Waals surface area contributed by atoms with E-state index in [0.717, 1.165) is 31.6 Å². The number of nitrogens with one attached hydrogen (secondary N) is 1. The van der Waals surface area contributed by atoms with Gasteiger partial charge in [0.15, 0.2) is 0 Å². The minimum absolute atomic E-state index is 0.0651. The van der Waals surface area contributed by atoms with Gasteiger partial charge in [-0.1, -0.05) is 6.07 Å². The highest BCUT2D eigenvalue weighted by Crippen LogP contribution is 2.29. The van der Waals surface area contributed by atoms with Crippen molar-refractivity contribution in [1.82, 2.24) is 14.9 Å². The normalized spacial score (nSPS) is 14.0. The molecule has 1 fully saturated rings. The van der Waals surface area contributed by atoms with Crippen LogP contribution >= 0.6 is 0 Å². The van der Waals surface area contributed by atoms with Gasteiger partial charge in [0.05, 0.1) is 29.0 Å². The summed E-state index contributed by atoms with van der Waals surface area (Å²) in [7, 11) is 0. The molecule has 4 rings (SSSR count). The molecule has 1 saturated heterocycles. The number of hydrogen-bond acceptors (Lipinski definition) is 4. The van der Waals surface area contributed by atoms with E-state index in [1.165, 1.54) is 12.1 Å². The summed E-state index contributed by atoms with van der Waals surface area (Å²) < 4.78 is 13.9. The Morgan fingerprint density at radius 2 is 2.00 bits per heavy atom. The number of benzene rings is 1. The molecule has 0 bridgehead atoms. The fraction of sp³-hybridized carbons (Fsp3) is 0.250. The van der Waals surface area contributed by atoms with Crippen LogP contribution in [0.25, 0.3) is 10.9 Å². The molecule has 0 unspecified atom stereocenters. The van der Waals surface area contributed by atoms with Crippen molar-refractivity contribution in [3.8, 4) is 0 Å². The third-order valence-electron chi connectivity index (χ3n) is 4.63. The van der Waals surface area contributed by atoms with E-state index in [4.69, 9.17) is 0 Å². The predicted molar refractivity (Wildman–Crippen MR) is 98.4 cm³/mol. The molecule has 0 spiro atoms. The average Bonchev–Trinajstić information content (AvgIpc) is 3.21. The Morgan fingerprint density at radius 1 is 1.15 bits per heavy atom. The summed E-state index contributed by atoms with van der Waals surface area (Å²) in [6, 6.07) is 10.1. The highest BCUT2D eigenvalue weighted by atomic mass is 19.1. The monoisotopic (exact) mass is 350 g/mol. The van der Waals surface area contributed by atoms with Gasteiger partial charge >= 0.3 is 0 Å². The minimum Gasteiger partial charge on any atom is -0.378 e. The Morgan fingerprint density at radius 3 is 2.77 bits per heavy atom. The van der Waals surface area contributed by atoms with E-state index in [2.05, 4.69) is 15.3 Å². The summed E-state index contributed by atoms with van der Waals surface area (Å²) in [4.78, 5) is 23.4. The Hall–Kier alpha value is -3.02. The van der Waals surface area contributed by atoms with Crippen LogP contribution in [0, 0.1) is 5.82 Å². The van der Waals surface area contributed by atoms with E-state index in [9.17, 15) is 9.18 Å². The second-order valence-electron chi connectivity index (χ2n) is 6.38. The van der Waals surface area contributed by atoms with Gasteiger partial charge in [-0.05, 0) is 43.2 Å². The third-order valence-corrected chi connectivity index (χ3v) is 4.63. The standard InChI is InChI=1S/C20H19FN4O/c21-14-6-7-18-16(11-14)19(24-12-15-5-1-2-8-22-15)17(13-23-18)20(26)25-9-3-4-10-25/h1-2,5-8,11,13H,3-4,9-10,12H2,(H,23,24). The third kappa shape index (κ3) is 3.22.